The summed E-state index contributed by atoms with van der Waals surface area (Å²) < 4.78 is 54.7. The number of ether oxygens (including phenoxy) is 2. The van der Waals surface area contributed by atoms with Crippen LogP contribution in [0.1, 0.15) is 25.0 Å². The van der Waals surface area contributed by atoms with Gasteiger partial charge >= 0.3 is 6.09 Å². The number of amides is 2. The first kappa shape index (κ1) is 26.8. The summed E-state index contributed by atoms with van der Waals surface area (Å²) >= 11 is 0. The molecule has 6 N–H and O–H groups in total. The molecule has 1 atom stereocenters. The number of halogens is 3. The summed E-state index contributed by atoms with van der Waals surface area (Å²) in [4.78, 5) is 28.7. The lowest BCUT2D eigenvalue weighted by Crippen LogP contribution is -2.48. The number of anilines is 1. The van der Waals surface area contributed by atoms with Gasteiger partial charge in [0.1, 0.15) is 40.9 Å². The molecule has 1 aromatic carbocycles. The van der Waals surface area contributed by atoms with Crippen molar-refractivity contribution in [3.63, 3.8) is 0 Å². The van der Waals surface area contributed by atoms with E-state index in [1.54, 1.807) is 13.8 Å². The van der Waals surface area contributed by atoms with E-state index in [4.69, 9.17) is 14.9 Å². The summed E-state index contributed by atoms with van der Waals surface area (Å²) in [6.07, 6.45) is -0.541. The molecule has 0 aliphatic carbocycles. The highest BCUT2D eigenvalue weighted by molar-refractivity contribution is 6.23. The SMILES string of the molecule is CCOC(=O)Nc1c(F)cc(C2=C3NCc4cc(F)cnc4OC(C)CNC(=O)C4=C(N3)N(NC4)C2=N)cc1F. The fourth-order valence-corrected chi connectivity index (χ4v) is 4.36. The van der Waals surface area contributed by atoms with Crippen molar-refractivity contribution in [1.29, 1.82) is 5.41 Å². The number of hydrogen-bond acceptors (Lipinski definition) is 9. The third-order valence-electron chi connectivity index (χ3n) is 6.20. The first-order valence-electron chi connectivity index (χ1n) is 12.3. The van der Waals surface area contributed by atoms with E-state index < -0.39 is 41.2 Å². The van der Waals surface area contributed by atoms with Gasteiger partial charge in [0.15, 0.2) is 5.84 Å². The molecule has 0 fully saturated rings. The standard InChI is InChI=1S/C25H25F3N8O4/c1-3-39-25(38)34-19-16(27)5-12(6-17(19)28)18-20(29)36-22-15(10-33-36)23(37)31-7-11(2)40-24-13(4-14(26)9-32-24)8-30-21(18)35-22/h4-6,9,11,29-30,33,35H,3,7-8,10H2,1-2H3,(H,31,37)(H,34,38). The van der Waals surface area contributed by atoms with Crippen LogP contribution in [0.15, 0.2) is 41.6 Å². The van der Waals surface area contributed by atoms with Crippen molar-refractivity contribution in [2.45, 2.75) is 26.5 Å². The number of carbonyl (C=O) groups excluding carboxylic acids is 2. The Kier molecular flexibility index (Phi) is 7.21. The number of nitrogens with zero attached hydrogens (tertiary/aromatic N) is 2. The second-order valence-corrected chi connectivity index (χ2v) is 8.99. The molecule has 2 amide bonds. The largest absolute Gasteiger partial charge is 0.473 e. The lowest BCUT2D eigenvalue weighted by molar-refractivity contribution is -0.117. The van der Waals surface area contributed by atoms with Gasteiger partial charge in [-0.05, 0) is 37.6 Å². The minimum absolute atomic E-state index is 0.00308. The van der Waals surface area contributed by atoms with Crippen LogP contribution < -0.4 is 31.4 Å². The van der Waals surface area contributed by atoms with E-state index in [-0.39, 0.29) is 66.3 Å². The Morgan fingerprint density at radius 2 is 1.98 bits per heavy atom. The molecule has 3 aliphatic rings. The fourth-order valence-electron chi connectivity index (χ4n) is 4.36. The summed E-state index contributed by atoms with van der Waals surface area (Å²) in [5.74, 6) is -3.02. The van der Waals surface area contributed by atoms with E-state index >= 15 is 8.78 Å². The van der Waals surface area contributed by atoms with Crippen LogP contribution in [0, 0.1) is 22.9 Å². The maximum Gasteiger partial charge on any atom is 0.411 e. The van der Waals surface area contributed by atoms with Gasteiger partial charge in [-0.2, -0.15) is 0 Å². The van der Waals surface area contributed by atoms with Crippen LogP contribution in [-0.2, 0) is 16.1 Å². The van der Waals surface area contributed by atoms with Gasteiger partial charge in [0.25, 0.3) is 5.91 Å². The van der Waals surface area contributed by atoms with Crippen molar-refractivity contribution >= 4 is 29.1 Å². The second-order valence-electron chi connectivity index (χ2n) is 8.99. The monoisotopic (exact) mass is 558 g/mol. The Hall–Kier alpha value is -4.79. The van der Waals surface area contributed by atoms with E-state index in [1.807, 2.05) is 5.32 Å². The van der Waals surface area contributed by atoms with Crippen molar-refractivity contribution in [2.75, 3.05) is 25.0 Å². The zero-order valence-corrected chi connectivity index (χ0v) is 21.4. The first-order chi connectivity index (χ1) is 19.2. The topological polar surface area (TPSA) is 153 Å². The van der Waals surface area contributed by atoms with E-state index in [1.165, 1.54) is 11.1 Å². The highest BCUT2D eigenvalue weighted by Crippen LogP contribution is 2.32. The Balaban J connectivity index is 1.61. The van der Waals surface area contributed by atoms with Crippen LogP contribution in [0.3, 0.4) is 0 Å². The van der Waals surface area contributed by atoms with Crippen LogP contribution in [-0.4, -0.2) is 53.6 Å². The molecule has 12 nitrogen and oxygen atoms in total. The van der Waals surface area contributed by atoms with Gasteiger partial charge in [-0.3, -0.25) is 15.5 Å². The third kappa shape index (κ3) is 5.10. The zero-order valence-electron chi connectivity index (χ0n) is 21.4. The number of aromatic nitrogens is 1. The molecule has 0 saturated carbocycles. The molecule has 4 heterocycles. The van der Waals surface area contributed by atoms with Gasteiger partial charge in [-0.1, -0.05) is 0 Å². The normalized spacial score (nSPS) is 18.8. The number of benzene rings is 1. The Morgan fingerprint density at radius 1 is 1.23 bits per heavy atom. The predicted molar refractivity (Wildman–Crippen MR) is 136 cm³/mol. The summed E-state index contributed by atoms with van der Waals surface area (Å²) in [7, 11) is 0. The number of rotatable bonds is 3. The molecule has 3 aliphatic heterocycles. The van der Waals surface area contributed by atoms with Crippen LogP contribution in [0.2, 0.25) is 0 Å². The van der Waals surface area contributed by atoms with E-state index in [2.05, 4.69) is 26.4 Å². The van der Waals surface area contributed by atoms with Crippen LogP contribution >= 0.6 is 0 Å². The number of hydrazine groups is 1. The number of pyridine rings is 1. The molecule has 2 aromatic rings. The number of carbonyl (C=O) groups is 2. The molecule has 0 spiro atoms. The minimum atomic E-state index is -1.11. The summed E-state index contributed by atoms with van der Waals surface area (Å²) in [6.45, 7) is 3.39. The lowest BCUT2D eigenvalue weighted by atomic mass is 10.0. The quantitative estimate of drug-likeness (QED) is 0.332. The molecule has 2 bridgehead atoms. The molecular formula is C25H25F3N8O4. The maximum atomic E-state index is 15.0. The van der Waals surface area contributed by atoms with Gasteiger partial charge < -0.3 is 25.4 Å². The smallest absolute Gasteiger partial charge is 0.411 e. The summed E-state index contributed by atoms with van der Waals surface area (Å²) in [6, 6.07) is 3.12. The Morgan fingerprint density at radius 3 is 2.70 bits per heavy atom. The van der Waals surface area contributed by atoms with Gasteiger partial charge in [0.2, 0.25) is 5.88 Å². The van der Waals surface area contributed by atoms with Gasteiger partial charge in [0.05, 0.1) is 30.5 Å². The molecule has 40 heavy (non-hydrogen) atoms. The minimum Gasteiger partial charge on any atom is -0.473 e. The van der Waals surface area contributed by atoms with Crippen molar-refractivity contribution in [3.8, 4) is 5.88 Å². The van der Waals surface area contributed by atoms with Crippen molar-refractivity contribution in [3.05, 3.63) is 70.2 Å². The Labute approximate surface area is 226 Å². The predicted octanol–water partition coefficient (Wildman–Crippen LogP) is 2.04. The second kappa shape index (κ2) is 10.8. The zero-order chi connectivity index (χ0) is 28.6. The summed E-state index contributed by atoms with van der Waals surface area (Å²) in [5.41, 5.74) is 2.77. The Bertz CT molecular complexity index is 1450. The van der Waals surface area contributed by atoms with Crippen LogP contribution in [0.4, 0.5) is 23.7 Å². The number of amidine groups is 1. The lowest BCUT2D eigenvalue weighted by Gasteiger charge is -2.33. The highest BCUT2D eigenvalue weighted by atomic mass is 19.1. The first-order valence-corrected chi connectivity index (χ1v) is 12.3. The molecule has 210 valence electrons. The van der Waals surface area contributed by atoms with E-state index in [0.29, 0.717) is 5.56 Å². The molecule has 1 unspecified atom stereocenters. The van der Waals surface area contributed by atoms with Gasteiger partial charge in [0, 0.05) is 18.7 Å². The summed E-state index contributed by atoms with van der Waals surface area (Å²) in [5, 5.41) is 21.0. The van der Waals surface area contributed by atoms with Crippen LogP contribution in [0.5, 0.6) is 5.88 Å². The van der Waals surface area contributed by atoms with Crippen molar-refractivity contribution < 1.29 is 32.2 Å². The van der Waals surface area contributed by atoms with Crippen molar-refractivity contribution in [2.24, 2.45) is 0 Å². The van der Waals surface area contributed by atoms with Crippen molar-refractivity contribution in [1.82, 2.24) is 31.4 Å². The maximum absolute atomic E-state index is 15.0. The van der Waals surface area contributed by atoms with E-state index in [9.17, 15) is 14.0 Å². The molecule has 15 heteroatoms. The average molecular weight is 559 g/mol. The highest BCUT2D eigenvalue weighted by Gasteiger charge is 2.37. The van der Waals surface area contributed by atoms with Crippen LogP contribution in [0.25, 0.3) is 5.57 Å². The molecule has 1 aromatic heterocycles. The molecule has 5 rings (SSSR count). The van der Waals surface area contributed by atoms with Gasteiger partial charge in [-0.15, -0.1) is 0 Å². The molecule has 0 radical (unpaired) electrons. The molecule has 0 saturated heterocycles. The van der Waals surface area contributed by atoms with E-state index in [0.717, 1.165) is 18.3 Å². The number of nitrogens with one attached hydrogen (secondary N) is 6. The fraction of sp³-hybridized carbons (Fsp3) is 0.280. The van der Waals surface area contributed by atoms with Gasteiger partial charge in [-0.25, -0.2) is 33.4 Å². The third-order valence-corrected chi connectivity index (χ3v) is 6.20. The number of hydrogen-bond donors (Lipinski definition) is 6. The average Bonchev–Trinajstić information content (AvgIpc) is 3.33. The number of fused-ring (bicyclic) bond motifs is 2. The molecular weight excluding hydrogens is 533 g/mol.